The van der Waals surface area contributed by atoms with Crippen molar-refractivity contribution in [3.05, 3.63) is 64.7 Å². The minimum atomic E-state index is -3.39. The molecule has 0 spiro atoms. The Morgan fingerprint density at radius 2 is 1.73 bits per heavy atom. The van der Waals surface area contributed by atoms with Crippen molar-refractivity contribution in [3.8, 4) is 0 Å². The normalized spacial score (nSPS) is 11.0. The molecule has 2 aromatic rings. The number of sulfone groups is 1. The molecule has 6 nitrogen and oxygen atoms in total. The van der Waals surface area contributed by atoms with Crippen LogP contribution in [0.2, 0.25) is 0 Å². The van der Waals surface area contributed by atoms with Gasteiger partial charge in [0.25, 0.3) is 11.8 Å². The quantitative estimate of drug-likeness (QED) is 0.810. The molecule has 0 unspecified atom stereocenters. The van der Waals surface area contributed by atoms with E-state index in [1.54, 1.807) is 31.2 Å². The van der Waals surface area contributed by atoms with Gasteiger partial charge in [0, 0.05) is 30.5 Å². The number of rotatable bonds is 6. The highest BCUT2D eigenvalue weighted by Gasteiger charge is 2.14. The van der Waals surface area contributed by atoms with Crippen molar-refractivity contribution in [1.29, 1.82) is 0 Å². The molecule has 0 bridgehead atoms. The number of carbonyl (C=O) groups is 2. The summed E-state index contributed by atoms with van der Waals surface area (Å²) in [6.07, 6.45) is 1.10. The van der Waals surface area contributed by atoms with Gasteiger partial charge in [0.1, 0.15) is 0 Å². The van der Waals surface area contributed by atoms with Gasteiger partial charge in [-0.25, -0.2) is 8.42 Å². The summed E-state index contributed by atoms with van der Waals surface area (Å²) in [7, 11) is -3.39. The molecule has 0 saturated heterocycles. The van der Waals surface area contributed by atoms with Gasteiger partial charge in [0.2, 0.25) is 0 Å². The van der Waals surface area contributed by atoms with Gasteiger partial charge in [-0.1, -0.05) is 18.2 Å². The van der Waals surface area contributed by atoms with Gasteiger partial charge in [-0.3, -0.25) is 9.59 Å². The van der Waals surface area contributed by atoms with E-state index in [0.29, 0.717) is 23.2 Å². The monoisotopic (exact) mass is 374 g/mol. The number of aryl methyl sites for hydroxylation is 1. The molecule has 2 aromatic carbocycles. The minimum Gasteiger partial charge on any atom is -0.352 e. The lowest BCUT2D eigenvalue weighted by molar-refractivity contribution is 0.0946. The van der Waals surface area contributed by atoms with Crippen LogP contribution in [0.25, 0.3) is 0 Å². The Morgan fingerprint density at radius 1 is 1.00 bits per heavy atom. The molecular formula is C19H22N2O4S. The summed E-state index contributed by atoms with van der Waals surface area (Å²) in [6.45, 7) is 4.36. The molecule has 0 atom stereocenters. The van der Waals surface area contributed by atoms with E-state index in [4.69, 9.17) is 0 Å². The molecule has 2 N–H and O–H groups in total. The largest absolute Gasteiger partial charge is 0.352 e. The van der Waals surface area contributed by atoms with Crippen LogP contribution in [0.5, 0.6) is 0 Å². The Hall–Kier alpha value is -2.67. The standard InChI is InChI=1S/C19H22N2O4S/c1-4-20-18(22)15-7-5-6-14(10-15)12-21-19(23)17-11-16(26(3,24)25)9-8-13(17)2/h5-11H,4,12H2,1-3H3,(H,20,22)(H,21,23). The van der Waals surface area contributed by atoms with E-state index in [1.807, 2.05) is 13.0 Å². The first-order valence-corrected chi connectivity index (χ1v) is 10.1. The highest BCUT2D eigenvalue weighted by atomic mass is 32.2. The van der Waals surface area contributed by atoms with Gasteiger partial charge in [-0.2, -0.15) is 0 Å². The second kappa shape index (κ2) is 8.14. The average Bonchev–Trinajstić information content (AvgIpc) is 2.59. The Labute approximate surface area is 153 Å². The van der Waals surface area contributed by atoms with Crippen LogP contribution in [0.3, 0.4) is 0 Å². The maximum Gasteiger partial charge on any atom is 0.251 e. The summed E-state index contributed by atoms with van der Waals surface area (Å²) >= 11 is 0. The number of hydrogen-bond acceptors (Lipinski definition) is 4. The molecule has 0 fully saturated rings. The van der Waals surface area contributed by atoms with Crippen molar-refractivity contribution >= 4 is 21.7 Å². The highest BCUT2D eigenvalue weighted by molar-refractivity contribution is 7.90. The molecular weight excluding hydrogens is 352 g/mol. The molecule has 7 heteroatoms. The fraction of sp³-hybridized carbons (Fsp3) is 0.263. The second-order valence-electron chi connectivity index (χ2n) is 5.99. The zero-order valence-corrected chi connectivity index (χ0v) is 15.8. The van der Waals surface area contributed by atoms with Crippen molar-refractivity contribution in [2.24, 2.45) is 0 Å². The molecule has 0 aliphatic rings. The smallest absolute Gasteiger partial charge is 0.251 e. The first kappa shape index (κ1) is 19.7. The van der Waals surface area contributed by atoms with Gasteiger partial charge in [-0.05, 0) is 49.2 Å². The summed E-state index contributed by atoms with van der Waals surface area (Å²) in [5.74, 6) is -0.534. The van der Waals surface area contributed by atoms with Gasteiger partial charge >= 0.3 is 0 Å². The summed E-state index contributed by atoms with van der Waals surface area (Å²) in [6, 6.07) is 11.5. The number of carbonyl (C=O) groups excluding carboxylic acids is 2. The van der Waals surface area contributed by atoms with Gasteiger partial charge in [0.05, 0.1) is 4.90 Å². The zero-order valence-electron chi connectivity index (χ0n) is 15.0. The van der Waals surface area contributed by atoms with Crippen molar-refractivity contribution < 1.29 is 18.0 Å². The van der Waals surface area contributed by atoms with Crippen LogP contribution in [0.15, 0.2) is 47.4 Å². The molecule has 0 heterocycles. The maximum atomic E-state index is 12.5. The fourth-order valence-electron chi connectivity index (χ4n) is 2.44. The summed E-state index contributed by atoms with van der Waals surface area (Å²) in [5, 5.41) is 5.49. The molecule has 0 aromatic heterocycles. The number of nitrogens with one attached hydrogen (secondary N) is 2. The van der Waals surface area contributed by atoms with Crippen LogP contribution in [0.1, 0.15) is 38.8 Å². The summed E-state index contributed by atoms with van der Waals surface area (Å²) in [5.41, 5.74) is 2.30. The third-order valence-corrected chi connectivity index (χ3v) is 4.97. The Morgan fingerprint density at radius 3 is 2.38 bits per heavy atom. The van der Waals surface area contributed by atoms with E-state index in [1.165, 1.54) is 12.1 Å². The van der Waals surface area contributed by atoms with Crippen molar-refractivity contribution in [1.82, 2.24) is 10.6 Å². The van der Waals surface area contributed by atoms with Crippen LogP contribution < -0.4 is 10.6 Å². The van der Waals surface area contributed by atoms with Gasteiger partial charge < -0.3 is 10.6 Å². The lowest BCUT2D eigenvalue weighted by Crippen LogP contribution is -2.25. The van der Waals surface area contributed by atoms with Crippen LogP contribution in [0, 0.1) is 6.92 Å². The fourth-order valence-corrected chi connectivity index (χ4v) is 3.09. The lowest BCUT2D eigenvalue weighted by atomic mass is 10.1. The molecule has 0 aliphatic carbocycles. The molecule has 26 heavy (non-hydrogen) atoms. The molecule has 0 radical (unpaired) electrons. The van der Waals surface area contributed by atoms with Crippen LogP contribution in [-0.2, 0) is 16.4 Å². The van der Waals surface area contributed by atoms with E-state index in [9.17, 15) is 18.0 Å². The predicted molar refractivity (Wildman–Crippen MR) is 99.9 cm³/mol. The summed E-state index contributed by atoms with van der Waals surface area (Å²) in [4.78, 5) is 24.4. The highest BCUT2D eigenvalue weighted by Crippen LogP contribution is 2.16. The third-order valence-electron chi connectivity index (χ3n) is 3.86. The lowest BCUT2D eigenvalue weighted by Gasteiger charge is -2.10. The SMILES string of the molecule is CCNC(=O)c1cccc(CNC(=O)c2cc(S(C)(=O)=O)ccc2C)c1. The summed E-state index contributed by atoms with van der Waals surface area (Å²) < 4.78 is 23.4. The number of hydrogen-bond donors (Lipinski definition) is 2. The second-order valence-corrected chi connectivity index (χ2v) is 8.01. The number of benzene rings is 2. The van der Waals surface area contributed by atoms with E-state index in [0.717, 1.165) is 11.8 Å². The van der Waals surface area contributed by atoms with Gasteiger partial charge in [-0.15, -0.1) is 0 Å². The molecule has 2 rings (SSSR count). The van der Waals surface area contributed by atoms with E-state index in [2.05, 4.69) is 10.6 Å². The maximum absolute atomic E-state index is 12.5. The van der Waals surface area contributed by atoms with Crippen molar-refractivity contribution in [2.45, 2.75) is 25.3 Å². The minimum absolute atomic E-state index is 0.103. The first-order chi connectivity index (χ1) is 12.2. The molecule has 0 saturated carbocycles. The van der Waals surface area contributed by atoms with E-state index in [-0.39, 0.29) is 23.3 Å². The topological polar surface area (TPSA) is 92.3 Å². The van der Waals surface area contributed by atoms with Crippen LogP contribution in [0.4, 0.5) is 0 Å². The van der Waals surface area contributed by atoms with Crippen LogP contribution in [-0.4, -0.2) is 33.0 Å². The molecule has 2 amide bonds. The molecule has 0 aliphatic heterocycles. The Balaban J connectivity index is 2.14. The van der Waals surface area contributed by atoms with Crippen LogP contribution >= 0.6 is 0 Å². The van der Waals surface area contributed by atoms with E-state index < -0.39 is 9.84 Å². The first-order valence-electron chi connectivity index (χ1n) is 8.18. The Kier molecular flexibility index (Phi) is 6.15. The zero-order chi connectivity index (χ0) is 19.3. The van der Waals surface area contributed by atoms with Gasteiger partial charge in [0.15, 0.2) is 9.84 Å². The van der Waals surface area contributed by atoms with Crippen molar-refractivity contribution in [3.63, 3.8) is 0 Å². The third kappa shape index (κ3) is 4.92. The Bertz CT molecular complexity index is 936. The van der Waals surface area contributed by atoms with E-state index >= 15 is 0 Å². The number of amides is 2. The average molecular weight is 374 g/mol. The van der Waals surface area contributed by atoms with Crippen molar-refractivity contribution in [2.75, 3.05) is 12.8 Å². The predicted octanol–water partition coefficient (Wildman–Crippen LogP) is 2.08. The molecule has 138 valence electrons.